The van der Waals surface area contributed by atoms with Gasteiger partial charge in [0, 0.05) is 32.0 Å². The summed E-state index contributed by atoms with van der Waals surface area (Å²) >= 11 is 0. The number of ether oxygens (including phenoxy) is 1. The molecule has 0 saturated carbocycles. The maximum atomic E-state index is 13.5. The number of nitrogens with zero attached hydrogens (tertiary/aromatic N) is 2. The molecule has 0 aliphatic carbocycles. The SMILES string of the molecule is CCOCCCN(CC(=O)N(Cc1ccc(F)cc1)Cc1ccc(C)o1)C(=O)Nc1ccc(CC)cc1. The second-order valence-electron chi connectivity index (χ2n) is 8.84. The van der Waals surface area contributed by atoms with Gasteiger partial charge >= 0.3 is 6.03 Å². The van der Waals surface area contributed by atoms with Crippen LogP contribution in [0.25, 0.3) is 0 Å². The number of amides is 3. The molecule has 0 atom stereocenters. The van der Waals surface area contributed by atoms with Crippen LogP contribution in [-0.4, -0.2) is 48.0 Å². The number of anilines is 1. The summed E-state index contributed by atoms with van der Waals surface area (Å²) in [4.78, 5) is 29.8. The first kappa shape index (κ1) is 27.9. The third-order valence-corrected chi connectivity index (χ3v) is 5.93. The Morgan fingerprint density at radius 1 is 0.919 bits per heavy atom. The maximum absolute atomic E-state index is 13.5. The van der Waals surface area contributed by atoms with Gasteiger partial charge in [0.05, 0.1) is 6.54 Å². The molecule has 0 aliphatic rings. The number of urea groups is 1. The number of carbonyl (C=O) groups is 2. The van der Waals surface area contributed by atoms with Crippen LogP contribution in [0.5, 0.6) is 0 Å². The van der Waals surface area contributed by atoms with E-state index in [4.69, 9.17) is 9.15 Å². The van der Waals surface area contributed by atoms with E-state index in [1.807, 2.05) is 50.2 Å². The van der Waals surface area contributed by atoms with Gasteiger partial charge in [-0.3, -0.25) is 4.79 Å². The predicted molar refractivity (Wildman–Crippen MR) is 142 cm³/mol. The molecule has 0 radical (unpaired) electrons. The van der Waals surface area contributed by atoms with Gasteiger partial charge in [-0.25, -0.2) is 9.18 Å². The van der Waals surface area contributed by atoms with E-state index in [9.17, 15) is 14.0 Å². The largest absolute Gasteiger partial charge is 0.464 e. The highest BCUT2D eigenvalue weighted by Gasteiger charge is 2.23. The Morgan fingerprint density at radius 2 is 1.62 bits per heavy atom. The maximum Gasteiger partial charge on any atom is 0.322 e. The lowest BCUT2D eigenvalue weighted by Crippen LogP contribution is -2.44. The number of furan rings is 1. The van der Waals surface area contributed by atoms with Crippen molar-refractivity contribution in [3.8, 4) is 0 Å². The lowest BCUT2D eigenvalue weighted by molar-refractivity contribution is -0.133. The summed E-state index contributed by atoms with van der Waals surface area (Å²) in [6, 6.07) is 17.0. The van der Waals surface area contributed by atoms with Gasteiger partial charge in [0.1, 0.15) is 23.9 Å². The molecule has 198 valence electrons. The molecule has 3 aromatic rings. The van der Waals surface area contributed by atoms with Crippen LogP contribution in [0.3, 0.4) is 0 Å². The highest BCUT2D eigenvalue weighted by atomic mass is 19.1. The Kier molecular flexibility index (Phi) is 10.7. The van der Waals surface area contributed by atoms with Crippen molar-refractivity contribution in [3.63, 3.8) is 0 Å². The van der Waals surface area contributed by atoms with Gasteiger partial charge in [-0.05, 0) is 74.2 Å². The fraction of sp³-hybridized carbons (Fsp3) is 0.379. The average Bonchev–Trinajstić information content (AvgIpc) is 3.31. The normalized spacial score (nSPS) is 10.8. The van der Waals surface area contributed by atoms with Crippen molar-refractivity contribution < 1.29 is 23.1 Å². The Balaban J connectivity index is 1.75. The molecule has 3 rings (SSSR count). The summed E-state index contributed by atoms with van der Waals surface area (Å²) < 4.78 is 24.6. The summed E-state index contributed by atoms with van der Waals surface area (Å²) in [7, 11) is 0. The molecule has 0 saturated heterocycles. The van der Waals surface area contributed by atoms with Gasteiger partial charge in [0.15, 0.2) is 0 Å². The molecule has 2 aromatic carbocycles. The zero-order valence-corrected chi connectivity index (χ0v) is 21.8. The highest BCUT2D eigenvalue weighted by molar-refractivity contribution is 5.92. The minimum atomic E-state index is -0.357. The average molecular weight is 510 g/mol. The zero-order chi connectivity index (χ0) is 26.6. The van der Waals surface area contributed by atoms with E-state index in [2.05, 4.69) is 12.2 Å². The number of halogens is 1. The minimum Gasteiger partial charge on any atom is -0.464 e. The predicted octanol–water partition coefficient (Wildman–Crippen LogP) is 5.78. The van der Waals surface area contributed by atoms with Crippen molar-refractivity contribution in [2.75, 3.05) is 31.6 Å². The first-order valence-corrected chi connectivity index (χ1v) is 12.7. The van der Waals surface area contributed by atoms with Crippen molar-refractivity contribution in [3.05, 3.63) is 89.1 Å². The zero-order valence-electron chi connectivity index (χ0n) is 21.8. The van der Waals surface area contributed by atoms with Gasteiger partial charge in [-0.1, -0.05) is 31.2 Å². The number of rotatable bonds is 13. The molecule has 0 fully saturated rings. The fourth-order valence-corrected chi connectivity index (χ4v) is 3.84. The van der Waals surface area contributed by atoms with E-state index in [1.54, 1.807) is 17.0 Å². The van der Waals surface area contributed by atoms with Crippen molar-refractivity contribution in [1.29, 1.82) is 0 Å². The summed E-state index contributed by atoms with van der Waals surface area (Å²) in [5.41, 5.74) is 2.62. The minimum absolute atomic E-state index is 0.119. The quantitative estimate of drug-likeness (QED) is 0.297. The van der Waals surface area contributed by atoms with Crippen molar-refractivity contribution in [1.82, 2.24) is 9.80 Å². The number of benzene rings is 2. The molecule has 0 unspecified atom stereocenters. The van der Waals surface area contributed by atoms with Crippen LogP contribution in [0.15, 0.2) is 65.1 Å². The second-order valence-corrected chi connectivity index (χ2v) is 8.84. The van der Waals surface area contributed by atoms with Crippen LogP contribution in [0.1, 0.15) is 42.9 Å². The fourth-order valence-electron chi connectivity index (χ4n) is 3.84. The molecule has 0 aliphatic heterocycles. The van der Waals surface area contributed by atoms with Crippen LogP contribution in [0.2, 0.25) is 0 Å². The lowest BCUT2D eigenvalue weighted by atomic mass is 10.1. The summed E-state index contributed by atoms with van der Waals surface area (Å²) in [6.45, 7) is 7.63. The van der Waals surface area contributed by atoms with Gasteiger partial charge in [-0.2, -0.15) is 0 Å². The van der Waals surface area contributed by atoms with Crippen molar-refractivity contribution >= 4 is 17.6 Å². The molecule has 3 amide bonds. The molecule has 1 N–H and O–H groups in total. The monoisotopic (exact) mass is 509 g/mol. The topological polar surface area (TPSA) is 75.0 Å². The standard InChI is InChI=1S/C29H36FN3O4/c1-4-23-10-14-26(15-11-23)31-29(35)32(17-6-18-36-5-2)21-28(34)33(20-27-16-7-22(3)37-27)19-24-8-12-25(30)13-9-24/h7-16H,4-6,17-21H2,1-3H3,(H,31,35). The van der Waals surface area contributed by atoms with E-state index >= 15 is 0 Å². The highest BCUT2D eigenvalue weighted by Crippen LogP contribution is 2.15. The van der Waals surface area contributed by atoms with Crippen LogP contribution in [0, 0.1) is 12.7 Å². The third kappa shape index (κ3) is 9.06. The molecular weight excluding hydrogens is 473 g/mol. The Labute approximate surface area is 218 Å². The summed E-state index contributed by atoms with van der Waals surface area (Å²) in [5, 5.41) is 2.90. The molecule has 8 heteroatoms. The van der Waals surface area contributed by atoms with Crippen LogP contribution >= 0.6 is 0 Å². The third-order valence-electron chi connectivity index (χ3n) is 5.93. The molecule has 37 heavy (non-hydrogen) atoms. The molecular formula is C29H36FN3O4. The van der Waals surface area contributed by atoms with Gasteiger partial charge < -0.3 is 24.3 Å². The molecule has 0 bridgehead atoms. The smallest absolute Gasteiger partial charge is 0.322 e. The van der Waals surface area contributed by atoms with E-state index in [-0.39, 0.29) is 37.4 Å². The van der Waals surface area contributed by atoms with Crippen molar-refractivity contribution in [2.45, 2.75) is 46.7 Å². The number of aryl methyl sites for hydroxylation is 2. The van der Waals surface area contributed by atoms with Gasteiger partial charge in [0.2, 0.25) is 5.91 Å². The first-order chi connectivity index (χ1) is 17.9. The van der Waals surface area contributed by atoms with Gasteiger partial charge in [-0.15, -0.1) is 0 Å². The molecule has 7 nitrogen and oxygen atoms in total. The lowest BCUT2D eigenvalue weighted by Gasteiger charge is -2.27. The Hall–Kier alpha value is -3.65. The number of hydrogen-bond donors (Lipinski definition) is 1. The number of nitrogens with one attached hydrogen (secondary N) is 1. The Morgan fingerprint density at radius 3 is 2.24 bits per heavy atom. The molecule has 1 heterocycles. The molecule has 0 spiro atoms. The molecule has 1 aromatic heterocycles. The van der Waals surface area contributed by atoms with Gasteiger partial charge in [0.25, 0.3) is 0 Å². The van der Waals surface area contributed by atoms with Crippen molar-refractivity contribution in [2.24, 2.45) is 0 Å². The summed E-state index contributed by atoms with van der Waals surface area (Å²) in [6.07, 6.45) is 1.50. The van der Waals surface area contributed by atoms with Crippen LogP contribution in [-0.2, 0) is 29.0 Å². The van der Waals surface area contributed by atoms with Crippen LogP contribution in [0.4, 0.5) is 14.9 Å². The first-order valence-electron chi connectivity index (χ1n) is 12.7. The Bertz CT molecular complexity index is 1130. The summed E-state index contributed by atoms with van der Waals surface area (Å²) in [5.74, 6) is 0.796. The van der Waals surface area contributed by atoms with E-state index in [0.29, 0.717) is 37.6 Å². The van der Waals surface area contributed by atoms with E-state index in [1.165, 1.54) is 22.6 Å². The second kappa shape index (κ2) is 14.2. The number of hydrogen-bond acceptors (Lipinski definition) is 4. The van der Waals surface area contributed by atoms with E-state index < -0.39 is 0 Å². The van der Waals surface area contributed by atoms with Crippen LogP contribution < -0.4 is 5.32 Å². The van der Waals surface area contributed by atoms with E-state index in [0.717, 1.165) is 17.7 Å². The number of carbonyl (C=O) groups excluding carboxylic acids is 2.